The third kappa shape index (κ3) is 7.12. The van der Waals surface area contributed by atoms with Gasteiger partial charge in [-0.2, -0.15) is 5.10 Å². The fourth-order valence-electron chi connectivity index (χ4n) is 2.59. The number of para-hydroxylation sites is 2. The number of benzene rings is 2. The second kappa shape index (κ2) is 12.1. The number of aryl methyl sites for hydroxylation is 1. The highest BCUT2D eigenvalue weighted by molar-refractivity contribution is 6.35. The first-order valence-electron chi connectivity index (χ1n) is 10.1. The van der Waals surface area contributed by atoms with Gasteiger partial charge in [-0.1, -0.05) is 31.2 Å². The van der Waals surface area contributed by atoms with E-state index in [-0.39, 0.29) is 24.3 Å². The molecule has 0 fully saturated rings. The zero-order valence-electron chi connectivity index (χ0n) is 18.6. The van der Waals surface area contributed by atoms with E-state index in [9.17, 15) is 14.4 Å². The van der Waals surface area contributed by atoms with Gasteiger partial charge in [-0.25, -0.2) is 5.43 Å². The van der Waals surface area contributed by atoms with E-state index in [1.54, 1.807) is 31.2 Å². The van der Waals surface area contributed by atoms with Crippen molar-refractivity contribution >= 4 is 29.6 Å². The molecular formula is C23H28N4O5. The summed E-state index contributed by atoms with van der Waals surface area (Å²) in [5.41, 5.74) is 4.25. The molecule has 170 valence electrons. The van der Waals surface area contributed by atoms with E-state index >= 15 is 0 Å². The fourth-order valence-corrected chi connectivity index (χ4v) is 2.59. The van der Waals surface area contributed by atoms with E-state index in [1.165, 1.54) is 13.3 Å². The summed E-state index contributed by atoms with van der Waals surface area (Å²) in [5, 5.41) is 9.16. The average molecular weight is 441 g/mol. The third-order valence-electron chi connectivity index (χ3n) is 4.56. The molecular weight excluding hydrogens is 412 g/mol. The van der Waals surface area contributed by atoms with Crippen molar-refractivity contribution in [1.82, 2.24) is 10.7 Å². The molecule has 2 aromatic carbocycles. The van der Waals surface area contributed by atoms with Crippen LogP contribution in [0.4, 0.5) is 5.69 Å². The molecule has 0 radical (unpaired) electrons. The minimum absolute atomic E-state index is 0.124. The van der Waals surface area contributed by atoms with Crippen molar-refractivity contribution in [2.24, 2.45) is 5.10 Å². The lowest BCUT2D eigenvalue weighted by atomic mass is 10.2. The first-order chi connectivity index (χ1) is 15.3. The lowest BCUT2D eigenvalue weighted by molar-refractivity contribution is -0.139. The molecule has 0 saturated heterocycles. The van der Waals surface area contributed by atoms with E-state index in [0.29, 0.717) is 23.4 Å². The number of amides is 3. The Hall–Kier alpha value is -3.88. The van der Waals surface area contributed by atoms with Gasteiger partial charge in [-0.05, 0) is 44.0 Å². The molecule has 0 aromatic heterocycles. The second-order valence-electron chi connectivity index (χ2n) is 7.01. The molecule has 0 unspecified atom stereocenters. The van der Waals surface area contributed by atoms with Crippen LogP contribution in [0, 0.1) is 6.92 Å². The van der Waals surface area contributed by atoms with Crippen molar-refractivity contribution in [3.05, 3.63) is 53.6 Å². The van der Waals surface area contributed by atoms with Gasteiger partial charge in [0.1, 0.15) is 0 Å². The number of nitrogens with one attached hydrogen (secondary N) is 3. The lowest BCUT2D eigenvalue weighted by Gasteiger charge is -2.14. The number of carbonyl (C=O) groups is 3. The number of ether oxygens (including phenoxy) is 2. The first kappa shape index (κ1) is 24.4. The molecule has 0 saturated carbocycles. The lowest BCUT2D eigenvalue weighted by Crippen LogP contribution is -2.41. The average Bonchev–Trinajstić information content (AvgIpc) is 2.79. The van der Waals surface area contributed by atoms with Crippen molar-refractivity contribution in [1.29, 1.82) is 0 Å². The van der Waals surface area contributed by atoms with Crippen LogP contribution in [0.25, 0.3) is 0 Å². The molecule has 9 heteroatoms. The van der Waals surface area contributed by atoms with E-state index in [4.69, 9.17) is 9.47 Å². The Morgan fingerprint density at radius 1 is 1.09 bits per heavy atom. The van der Waals surface area contributed by atoms with Crippen LogP contribution in [-0.4, -0.2) is 43.7 Å². The van der Waals surface area contributed by atoms with Crippen molar-refractivity contribution in [3.63, 3.8) is 0 Å². The number of rotatable bonds is 9. The third-order valence-corrected chi connectivity index (χ3v) is 4.56. The highest BCUT2D eigenvalue weighted by Crippen LogP contribution is 2.30. The normalized spacial score (nSPS) is 11.5. The molecule has 2 aromatic rings. The van der Waals surface area contributed by atoms with Gasteiger partial charge in [-0.15, -0.1) is 0 Å². The molecule has 32 heavy (non-hydrogen) atoms. The highest BCUT2D eigenvalue weighted by atomic mass is 16.5. The maximum atomic E-state index is 12.3. The minimum Gasteiger partial charge on any atom is -0.493 e. The summed E-state index contributed by atoms with van der Waals surface area (Å²) in [4.78, 5) is 36.0. The summed E-state index contributed by atoms with van der Waals surface area (Å²) in [6.07, 6.45) is 2.01. The largest absolute Gasteiger partial charge is 0.493 e. The first-order valence-corrected chi connectivity index (χ1v) is 10.1. The standard InChI is InChI=1S/C23H28N4O5/c1-5-16(3)25-22(29)23(30)27-24-13-17-10-8-12-19(31-4)21(17)32-14-20(28)26-18-11-7-6-9-15(18)2/h6-13,16H,5,14H2,1-4H3,(H,25,29)(H,26,28)(H,27,30)/b24-13-/t16-/m0/s1. The Bertz CT molecular complexity index is 990. The maximum Gasteiger partial charge on any atom is 0.329 e. The number of anilines is 1. The van der Waals surface area contributed by atoms with Gasteiger partial charge < -0.3 is 20.1 Å². The Morgan fingerprint density at radius 2 is 1.84 bits per heavy atom. The predicted molar refractivity (Wildman–Crippen MR) is 122 cm³/mol. The van der Waals surface area contributed by atoms with Crippen LogP contribution in [0.15, 0.2) is 47.6 Å². The Morgan fingerprint density at radius 3 is 2.53 bits per heavy atom. The maximum absolute atomic E-state index is 12.3. The summed E-state index contributed by atoms with van der Waals surface area (Å²) >= 11 is 0. The van der Waals surface area contributed by atoms with Crippen LogP contribution >= 0.6 is 0 Å². The monoisotopic (exact) mass is 440 g/mol. The molecule has 0 heterocycles. The number of nitrogens with zero attached hydrogens (tertiary/aromatic N) is 1. The van der Waals surface area contributed by atoms with Crippen molar-refractivity contribution in [3.8, 4) is 11.5 Å². The smallest absolute Gasteiger partial charge is 0.329 e. The number of hydrogen-bond acceptors (Lipinski definition) is 6. The summed E-state index contributed by atoms with van der Waals surface area (Å²) in [6.45, 7) is 5.32. The van der Waals surface area contributed by atoms with Gasteiger partial charge in [0.2, 0.25) is 0 Å². The number of hydrazone groups is 1. The molecule has 0 aliphatic carbocycles. The number of carbonyl (C=O) groups excluding carboxylic acids is 3. The summed E-state index contributed by atoms with van der Waals surface area (Å²) < 4.78 is 11.0. The quantitative estimate of drug-likeness (QED) is 0.314. The Labute approximate surface area is 187 Å². The van der Waals surface area contributed by atoms with Crippen LogP contribution in [0.2, 0.25) is 0 Å². The van der Waals surface area contributed by atoms with Crippen LogP contribution in [0.3, 0.4) is 0 Å². The Kier molecular flexibility index (Phi) is 9.22. The molecule has 9 nitrogen and oxygen atoms in total. The molecule has 1 atom stereocenters. The highest BCUT2D eigenvalue weighted by Gasteiger charge is 2.15. The zero-order valence-corrected chi connectivity index (χ0v) is 18.6. The van der Waals surface area contributed by atoms with Crippen molar-refractivity contribution in [2.75, 3.05) is 19.0 Å². The topological polar surface area (TPSA) is 118 Å². The zero-order chi connectivity index (χ0) is 23.5. The molecule has 0 spiro atoms. The Balaban J connectivity index is 2.04. The summed E-state index contributed by atoms with van der Waals surface area (Å²) in [7, 11) is 1.47. The van der Waals surface area contributed by atoms with Gasteiger partial charge in [-0.3, -0.25) is 14.4 Å². The van der Waals surface area contributed by atoms with E-state index in [1.807, 2.05) is 32.0 Å². The van der Waals surface area contributed by atoms with Gasteiger partial charge in [0.25, 0.3) is 5.91 Å². The molecule has 0 aliphatic rings. The minimum atomic E-state index is -0.885. The molecule has 3 N–H and O–H groups in total. The van der Waals surface area contributed by atoms with Crippen LogP contribution in [-0.2, 0) is 14.4 Å². The van der Waals surface area contributed by atoms with Crippen molar-refractivity contribution < 1.29 is 23.9 Å². The van der Waals surface area contributed by atoms with E-state index < -0.39 is 11.8 Å². The van der Waals surface area contributed by atoms with E-state index in [0.717, 1.165) is 5.56 Å². The SMILES string of the molecule is CC[C@H](C)NC(=O)C(=O)N/N=C\c1cccc(OC)c1OCC(=O)Nc1ccccc1C. The second-order valence-corrected chi connectivity index (χ2v) is 7.01. The molecule has 0 aliphatic heterocycles. The number of hydrogen-bond donors (Lipinski definition) is 3. The van der Waals surface area contributed by atoms with E-state index in [2.05, 4.69) is 21.2 Å². The van der Waals surface area contributed by atoms with Gasteiger partial charge >= 0.3 is 11.8 Å². The molecule has 3 amide bonds. The van der Waals surface area contributed by atoms with Crippen molar-refractivity contribution in [2.45, 2.75) is 33.2 Å². The molecule has 2 rings (SSSR count). The van der Waals surface area contributed by atoms with Crippen LogP contribution in [0.1, 0.15) is 31.4 Å². The van der Waals surface area contributed by atoms with Gasteiger partial charge in [0.15, 0.2) is 18.1 Å². The fraction of sp³-hybridized carbons (Fsp3) is 0.304. The summed E-state index contributed by atoms with van der Waals surface area (Å²) in [5.74, 6) is -1.34. The predicted octanol–water partition coefficient (Wildman–Crippen LogP) is 2.39. The van der Waals surface area contributed by atoms with Gasteiger partial charge in [0, 0.05) is 17.3 Å². The molecule has 0 bridgehead atoms. The number of methoxy groups -OCH3 is 1. The van der Waals surface area contributed by atoms with Gasteiger partial charge in [0.05, 0.1) is 13.3 Å². The summed E-state index contributed by atoms with van der Waals surface area (Å²) in [6, 6.07) is 12.3. The van der Waals surface area contributed by atoms with Crippen LogP contribution in [0.5, 0.6) is 11.5 Å². The van der Waals surface area contributed by atoms with Crippen LogP contribution < -0.4 is 25.5 Å².